The lowest BCUT2D eigenvalue weighted by Crippen LogP contribution is -2.18. The monoisotopic (exact) mass is 234 g/mol. The molecule has 1 aliphatic carbocycles. The molecule has 1 unspecified atom stereocenters. The molecule has 0 aromatic carbocycles. The van der Waals surface area contributed by atoms with Crippen molar-refractivity contribution < 1.29 is 4.79 Å². The predicted molar refractivity (Wildman–Crippen MR) is 65.6 cm³/mol. The van der Waals surface area contributed by atoms with E-state index in [2.05, 4.69) is 22.4 Å². The van der Waals surface area contributed by atoms with E-state index in [1.165, 1.54) is 19.3 Å². The molecule has 1 fully saturated rings. The van der Waals surface area contributed by atoms with Crippen LogP contribution in [0.1, 0.15) is 43.1 Å². The highest BCUT2D eigenvalue weighted by Crippen LogP contribution is 2.34. The van der Waals surface area contributed by atoms with Gasteiger partial charge in [-0.05, 0) is 37.8 Å². The number of hydrogen-bond acceptors (Lipinski definition) is 4. The lowest BCUT2D eigenvalue weighted by molar-refractivity contribution is 0.0994. The number of amides is 1. The molecular formula is C12H18N4O. The molecule has 5 heteroatoms. The van der Waals surface area contributed by atoms with Gasteiger partial charge in [0.15, 0.2) is 5.69 Å². The fourth-order valence-corrected chi connectivity index (χ4v) is 1.76. The average molecular weight is 234 g/mol. The average Bonchev–Trinajstić information content (AvgIpc) is 3.11. The minimum atomic E-state index is -0.550. The number of nitrogens with zero attached hydrogens (tertiary/aromatic N) is 2. The van der Waals surface area contributed by atoms with Crippen molar-refractivity contribution in [2.24, 2.45) is 11.7 Å². The van der Waals surface area contributed by atoms with Crippen LogP contribution >= 0.6 is 0 Å². The van der Waals surface area contributed by atoms with Crippen molar-refractivity contribution in [1.82, 2.24) is 10.2 Å². The Labute approximate surface area is 101 Å². The molecule has 5 nitrogen and oxygen atoms in total. The van der Waals surface area contributed by atoms with E-state index >= 15 is 0 Å². The topological polar surface area (TPSA) is 80.9 Å². The molecule has 1 aromatic rings. The SMILES string of the molecule is CC(CCC1CC1)Nc1ccc(C(N)=O)nn1. The van der Waals surface area contributed by atoms with Crippen molar-refractivity contribution in [2.45, 2.75) is 38.6 Å². The first kappa shape index (κ1) is 11.8. The fraction of sp³-hybridized carbons (Fsp3) is 0.583. The van der Waals surface area contributed by atoms with E-state index in [0.717, 1.165) is 12.3 Å². The number of anilines is 1. The third-order valence-corrected chi connectivity index (χ3v) is 3.02. The highest BCUT2D eigenvalue weighted by atomic mass is 16.1. The second kappa shape index (κ2) is 5.12. The number of rotatable bonds is 6. The molecule has 1 saturated carbocycles. The van der Waals surface area contributed by atoms with Crippen LogP contribution in [0.4, 0.5) is 5.82 Å². The molecule has 0 radical (unpaired) electrons. The predicted octanol–water partition coefficient (Wildman–Crippen LogP) is 1.57. The molecule has 1 aliphatic rings. The van der Waals surface area contributed by atoms with Crippen LogP contribution in [0.3, 0.4) is 0 Å². The van der Waals surface area contributed by atoms with Gasteiger partial charge in [-0.25, -0.2) is 0 Å². The first-order valence-electron chi connectivity index (χ1n) is 6.05. The lowest BCUT2D eigenvalue weighted by atomic mass is 10.1. The zero-order chi connectivity index (χ0) is 12.3. The first-order valence-corrected chi connectivity index (χ1v) is 6.05. The Morgan fingerprint density at radius 1 is 1.53 bits per heavy atom. The van der Waals surface area contributed by atoms with Gasteiger partial charge in [-0.2, -0.15) is 0 Å². The summed E-state index contributed by atoms with van der Waals surface area (Å²) in [5, 5.41) is 10.9. The quantitative estimate of drug-likeness (QED) is 0.782. The third kappa shape index (κ3) is 3.69. The van der Waals surface area contributed by atoms with Crippen LogP contribution in [0.2, 0.25) is 0 Å². The summed E-state index contributed by atoms with van der Waals surface area (Å²) >= 11 is 0. The van der Waals surface area contributed by atoms with Crippen LogP contribution in [0.15, 0.2) is 12.1 Å². The Morgan fingerprint density at radius 3 is 2.82 bits per heavy atom. The van der Waals surface area contributed by atoms with Gasteiger partial charge in [0, 0.05) is 6.04 Å². The Kier molecular flexibility index (Phi) is 3.56. The number of primary amides is 1. The van der Waals surface area contributed by atoms with Gasteiger partial charge in [0.05, 0.1) is 0 Å². The van der Waals surface area contributed by atoms with Gasteiger partial charge in [0.1, 0.15) is 5.82 Å². The molecule has 0 spiro atoms. The van der Waals surface area contributed by atoms with Gasteiger partial charge in [0.2, 0.25) is 0 Å². The van der Waals surface area contributed by atoms with Crippen LogP contribution in [0.5, 0.6) is 0 Å². The van der Waals surface area contributed by atoms with E-state index in [1.54, 1.807) is 12.1 Å². The fourth-order valence-electron chi connectivity index (χ4n) is 1.76. The van der Waals surface area contributed by atoms with Crippen LogP contribution < -0.4 is 11.1 Å². The molecule has 0 bridgehead atoms. The summed E-state index contributed by atoms with van der Waals surface area (Å²) in [6.45, 7) is 2.13. The van der Waals surface area contributed by atoms with E-state index in [9.17, 15) is 4.79 Å². The Bertz CT molecular complexity index is 386. The van der Waals surface area contributed by atoms with Gasteiger partial charge in [0.25, 0.3) is 5.91 Å². The maximum Gasteiger partial charge on any atom is 0.269 e. The first-order chi connectivity index (χ1) is 8.15. The molecule has 1 amide bonds. The summed E-state index contributed by atoms with van der Waals surface area (Å²) in [6, 6.07) is 3.70. The largest absolute Gasteiger partial charge is 0.366 e. The molecular weight excluding hydrogens is 216 g/mol. The number of carbonyl (C=O) groups is 1. The van der Waals surface area contributed by atoms with Gasteiger partial charge < -0.3 is 11.1 Å². The maximum absolute atomic E-state index is 10.8. The molecule has 92 valence electrons. The van der Waals surface area contributed by atoms with Crippen molar-refractivity contribution in [1.29, 1.82) is 0 Å². The summed E-state index contributed by atoms with van der Waals surface area (Å²) in [5.74, 6) is 1.09. The highest BCUT2D eigenvalue weighted by molar-refractivity contribution is 5.90. The molecule has 1 atom stereocenters. The molecule has 17 heavy (non-hydrogen) atoms. The van der Waals surface area contributed by atoms with E-state index in [0.29, 0.717) is 11.9 Å². The van der Waals surface area contributed by atoms with Crippen LogP contribution in [-0.4, -0.2) is 22.1 Å². The number of nitrogens with one attached hydrogen (secondary N) is 1. The Balaban J connectivity index is 1.82. The van der Waals surface area contributed by atoms with Gasteiger partial charge in [-0.15, -0.1) is 10.2 Å². The van der Waals surface area contributed by atoms with Gasteiger partial charge in [-0.1, -0.05) is 12.8 Å². The Hall–Kier alpha value is -1.65. The van der Waals surface area contributed by atoms with Crippen molar-refractivity contribution in [3.05, 3.63) is 17.8 Å². The summed E-state index contributed by atoms with van der Waals surface area (Å²) in [6.07, 6.45) is 5.20. The molecule has 0 saturated heterocycles. The van der Waals surface area contributed by atoms with Gasteiger partial charge in [-0.3, -0.25) is 4.79 Å². The van der Waals surface area contributed by atoms with E-state index in [1.807, 2.05) is 0 Å². The van der Waals surface area contributed by atoms with E-state index in [4.69, 9.17) is 5.73 Å². The highest BCUT2D eigenvalue weighted by Gasteiger charge is 2.21. The van der Waals surface area contributed by atoms with Crippen LogP contribution in [0.25, 0.3) is 0 Å². The third-order valence-electron chi connectivity index (χ3n) is 3.02. The summed E-state index contributed by atoms with van der Waals surface area (Å²) in [5.41, 5.74) is 5.29. The number of hydrogen-bond donors (Lipinski definition) is 2. The minimum Gasteiger partial charge on any atom is -0.366 e. The van der Waals surface area contributed by atoms with Crippen LogP contribution in [-0.2, 0) is 0 Å². The van der Waals surface area contributed by atoms with Crippen molar-refractivity contribution in [3.8, 4) is 0 Å². The van der Waals surface area contributed by atoms with Gasteiger partial charge >= 0.3 is 0 Å². The maximum atomic E-state index is 10.8. The summed E-state index contributed by atoms with van der Waals surface area (Å²) in [7, 11) is 0. The number of aromatic nitrogens is 2. The standard InChI is InChI=1S/C12H18N4O/c1-8(2-3-9-4-5-9)14-11-7-6-10(12(13)17)15-16-11/h6-9H,2-5H2,1H3,(H2,13,17)(H,14,16). The molecule has 0 aliphatic heterocycles. The van der Waals surface area contributed by atoms with E-state index in [-0.39, 0.29) is 5.69 Å². The normalized spacial score (nSPS) is 16.5. The van der Waals surface area contributed by atoms with Crippen molar-refractivity contribution in [2.75, 3.05) is 5.32 Å². The summed E-state index contributed by atoms with van der Waals surface area (Å²) < 4.78 is 0. The summed E-state index contributed by atoms with van der Waals surface area (Å²) in [4.78, 5) is 10.8. The second-order valence-corrected chi connectivity index (χ2v) is 4.73. The molecule has 3 N–H and O–H groups in total. The lowest BCUT2D eigenvalue weighted by Gasteiger charge is -2.13. The second-order valence-electron chi connectivity index (χ2n) is 4.73. The zero-order valence-electron chi connectivity index (χ0n) is 10.0. The Morgan fingerprint density at radius 2 is 2.29 bits per heavy atom. The van der Waals surface area contributed by atoms with E-state index < -0.39 is 5.91 Å². The number of carbonyl (C=O) groups excluding carboxylic acids is 1. The van der Waals surface area contributed by atoms with Crippen LogP contribution in [0, 0.1) is 5.92 Å². The molecule has 2 rings (SSSR count). The number of nitrogens with two attached hydrogens (primary N) is 1. The molecule has 1 heterocycles. The van der Waals surface area contributed by atoms with Crippen molar-refractivity contribution >= 4 is 11.7 Å². The minimum absolute atomic E-state index is 0.196. The molecule has 1 aromatic heterocycles. The zero-order valence-corrected chi connectivity index (χ0v) is 10.0. The smallest absolute Gasteiger partial charge is 0.269 e. The van der Waals surface area contributed by atoms with Crippen molar-refractivity contribution in [3.63, 3.8) is 0 Å².